The number of carboxylic acids is 1. The fourth-order valence-electron chi connectivity index (χ4n) is 2.17. The second kappa shape index (κ2) is 6.26. The summed E-state index contributed by atoms with van der Waals surface area (Å²) < 4.78 is 28.0. The number of aliphatic carboxylic acids is 1. The van der Waals surface area contributed by atoms with Gasteiger partial charge >= 0.3 is 5.97 Å². The lowest BCUT2D eigenvalue weighted by atomic mass is 10.1. The maximum Gasteiger partial charge on any atom is 0.307 e. The van der Waals surface area contributed by atoms with Crippen molar-refractivity contribution in [2.24, 2.45) is 0 Å². The van der Waals surface area contributed by atoms with Gasteiger partial charge in [-0.1, -0.05) is 12.1 Å². The number of carboxylic acid groups (broad SMARTS) is 1. The molecule has 6 heteroatoms. The van der Waals surface area contributed by atoms with E-state index in [1.807, 2.05) is 24.3 Å². The van der Waals surface area contributed by atoms with E-state index < -0.39 is 17.6 Å². The van der Waals surface area contributed by atoms with Crippen LogP contribution in [0.5, 0.6) is 0 Å². The fraction of sp³-hybridized carbons (Fsp3) is 0.0588. The summed E-state index contributed by atoms with van der Waals surface area (Å²) in [5.74, 6) is -2.26. The molecule has 0 saturated heterocycles. The number of para-hydroxylation sites is 1. The van der Waals surface area contributed by atoms with Gasteiger partial charge in [0, 0.05) is 5.56 Å². The first-order valence-electron chi connectivity index (χ1n) is 6.76. The maximum absolute atomic E-state index is 13.8. The van der Waals surface area contributed by atoms with Crippen molar-refractivity contribution in [3.63, 3.8) is 0 Å². The van der Waals surface area contributed by atoms with Gasteiger partial charge in [0.15, 0.2) is 0 Å². The van der Waals surface area contributed by atoms with Gasteiger partial charge in [0.25, 0.3) is 0 Å². The first kappa shape index (κ1) is 15.3. The molecule has 3 nitrogen and oxygen atoms in total. The van der Waals surface area contributed by atoms with Crippen LogP contribution in [0.2, 0.25) is 0 Å². The highest BCUT2D eigenvalue weighted by Gasteiger charge is 2.14. The van der Waals surface area contributed by atoms with Crippen molar-refractivity contribution in [2.75, 3.05) is 0 Å². The average Bonchev–Trinajstić information content (AvgIpc) is 2.93. The molecule has 3 rings (SSSR count). The zero-order valence-corrected chi connectivity index (χ0v) is 12.6. The summed E-state index contributed by atoms with van der Waals surface area (Å²) in [5.41, 5.74) is 1.08. The van der Waals surface area contributed by atoms with Crippen LogP contribution in [0.3, 0.4) is 0 Å². The minimum Gasteiger partial charge on any atom is -0.481 e. The van der Waals surface area contributed by atoms with Crippen molar-refractivity contribution < 1.29 is 18.7 Å². The molecule has 1 heterocycles. The van der Waals surface area contributed by atoms with E-state index in [9.17, 15) is 13.6 Å². The average molecular weight is 331 g/mol. The monoisotopic (exact) mass is 331 g/mol. The first-order chi connectivity index (χ1) is 11.0. The Balaban J connectivity index is 2.11. The van der Waals surface area contributed by atoms with Gasteiger partial charge in [-0.05, 0) is 42.0 Å². The van der Waals surface area contributed by atoms with Gasteiger partial charge in [-0.25, -0.2) is 13.8 Å². The molecule has 23 heavy (non-hydrogen) atoms. The Kier molecular flexibility index (Phi) is 4.16. The van der Waals surface area contributed by atoms with Crippen LogP contribution in [-0.4, -0.2) is 16.1 Å². The Hall–Kier alpha value is -2.60. The van der Waals surface area contributed by atoms with Gasteiger partial charge in [0.2, 0.25) is 0 Å². The lowest BCUT2D eigenvalue weighted by Gasteiger charge is -2.03. The number of rotatable bonds is 4. The lowest BCUT2D eigenvalue weighted by molar-refractivity contribution is -0.135. The van der Waals surface area contributed by atoms with Crippen molar-refractivity contribution in [2.45, 2.75) is 6.42 Å². The number of hydrogen-bond acceptors (Lipinski definition) is 3. The van der Waals surface area contributed by atoms with E-state index in [4.69, 9.17) is 5.11 Å². The van der Waals surface area contributed by atoms with Crippen LogP contribution in [0, 0.1) is 11.6 Å². The van der Waals surface area contributed by atoms with Gasteiger partial charge < -0.3 is 5.11 Å². The Labute approximate surface area is 134 Å². The number of nitrogens with zero attached hydrogens (tertiary/aromatic N) is 1. The Morgan fingerprint density at radius 2 is 2.00 bits per heavy atom. The Bertz CT molecular complexity index is 885. The molecule has 116 valence electrons. The third-order valence-corrected chi connectivity index (χ3v) is 4.31. The third kappa shape index (κ3) is 3.43. The number of carbonyl (C=O) groups is 1. The van der Waals surface area contributed by atoms with Crippen LogP contribution in [0.1, 0.15) is 17.0 Å². The number of aromatic nitrogens is 1. The molecule has 0 saturated carbocycles. The fourth-order valence-corrected chi connectivity index (χ4v) is 3.15. The number of fused-ring (bicyclic) bond motifs is 1. The molecule has 0 aliphatic rings. The number of halogens is 2. The molecular formula is C17H11F2NO2S. The highest BCUT2D eigenvalue weighted by atomic mass is 32.1. The summed E-state index contributed by atoms with van der Waals surface area (Å²) in [4.78, 5) is 15.5. The van der Waals surface area contributed by atoms with Gasteiger partial charge in [0.1, 0.15) is 16.6 Å². The normalized spacial score (nSPS) is 11.8. The summed E-state index contributed by atoms with van der Waals surface area (Å²) >= 11 is 1.32. The topological polar surface area (TPSA) is 50.2 Å². The van der Waals surface area contributed by atoms with E-state index in [0.717, 1.165) is 28.4 Å². The van der Waals surface area contributed by atoms with Crippen molar-refractivity contribution in [3.05, 3.63) is 64.7 Å². The molecule has 2 aromatic carbocycles. The molecule has 0 spiro atoms. The zero-order valence-electron chi connectivity index (χ0n) is 11.8. The largest absolute Gasteiger partial charge is 0.481 e. The van der Waals surface area contributed by atoms with Crippen LogP contribution in [0.25, 0.3) is 21.9 Å². The third-order valence-electron chi connectivity index (χ3n) is 3.20. The molecule has 0 fully saturated rings. The Morgan fingerprint density at radius 3 is 2.74 bits per heavy atom. The van der Waals surface area contributed by atoms with Gasteiger partial charge in [0.05, 0.1) is 16.6 Å². The molecule has 0 atom stereocenters. The number of thiazole rings is 1. The van der Waals surface area contributed by atoms with Crippen molar-refractivity contribution in [3.8, 4) is 0 Å². The second-order valence-electron chi connectivity index (χ2n) is 4.89. The molecule has 0 aliphatic heterocycles. The molecule has 0 bridgehead atoms. The molecule has 0 radical (unpaired) electrons. The summed E-state index contributed by atoms with van der Waals surface area (Å²) in [6.45, 7) is 0. The van der Waals surface area contributed by atoms with Crippen LogP contribution in [0.4, 0.5) is 8.78 Å². The zero-order chi connectivity index (χ0) is 16.4. The lowest BCUT2D eigenvalue weighted by Crippen LogP contribution is -1.97. The van der Waals surface area contributed by atoms with E-state index in [2.05, 4.69) is 4.98 Å². The highest BCUT2D eigenvalue weighted by molar-refractivity contribution is 7.19. The van der Waals surface area contributed by atoms with E-state index in [0.29, 0.717) is 10.6 Å². The van der Waals surface area contributed by atoms with Crippen LogP contribution in [-0.2, 0) is 4.79 Å². The van der Waals surface area contributed by atoms with Crippen molar-refractivity contribution in [1.29, 1.82) is 0 Å². The predicted octanol–water partition coefficient (Wildman–Crippen LogP) is 4.59. The number of benzene rings is 2. The first-order valence-corrected chi connectivity index (χ1v) is 7.58. The van der Waals surface area contributed by atoms with Gasteiger partial charge in [-0.3, -0.25) is 4.79 Å². The summed E-state index contributed by atoms with van der Waals surface area (Å²) in [5, 5.41) is 9.57. The second-order valence-corrected chi connectivity index (χ2v) is 5.92. The molecule has 0 aliphatic carbocycles. The molecule has 1 aromatic heterocycles. The standard InChI is InChI=1S/C17H11F2NO2S/c18-12-5-6-13(19)10(8-12)7-11(9-16(21)22)17-20-14-3-1-2-4-15(14)23-17/h1-8H,9H2,(H,21,22). The highest BCUT2D eigenvalue weighted by Crippen LogP contribution is 2.30. The van der Waals surface area contributed by atoms with E-state index in [-0.39, 0.29) is 12.0 Å². The summed E-state index contributed by atoms with van der Waals surface area (Å²) in [6, 6.07) is 10.4. The summed E-state index contributed by atoms with van der Waals surface area (Å²) in [6.07, 6.45) is 1.01. The molecular weight excluding hydrogens is 320 g/mol. The van der Waals surface area contributed by atoms with Crippen molar-refractivity contribution in [1.82, 2.24) is 4.98 Å². The Morgan fingerprint density at radius 1 is 1.22 bits per heavy atom. The van der Waals surface area contributed by atoms with E-state index in [1.165, 1.54) is 17.4 Å². The smallest absolute Gasteiger partial charge is 0.307 e. The SMILES string of the molecule is O=C(O)CC(=Cc1cc(F)ccc1F)c1nc2ccccc2s1. The molecule has 3 aromatic rings. The number of hydrogen-bond donors (Lipinski definition) is 1. The van der Waals surface area contributed by atoms with Crippen LogP contribution >= 0.6 is 11.3 Å². The maximum atomic E-state index is 13.8. The van der Waals surface area contributed by atoms with Gasteiger partial charge in [-0.2, -0.15) is 0 Å². The van der Waals surface area contributed by atoms with E-state index >= 15 is 0 Å². The van der Waals surface area contributed by atoms with E-state index in [1.54, 1.807) is 0 Å². The minimum atomic E-state index is -1.06. The van der Waals surface area contributed by atoms with Crippen molar-refractivity contribution >= 4 is 39.2 Å². The predicted molar refractivity (Wildman–Crippen MR) is 86.1 cm³/mol. The van der Waals surface area contributed by atoms with Crippen LogP contribution < -0.4 is 0 Å². The summed E-state index contributed by atoms with van der Waals surface area (Å²) in [7, 11) is 0. The molecule has 0 unspecified atom stereocenters. The quantitative estimate of drug-likeness (QED) is 0.761. The molecule has 1 N–H and O–H groups in total. The molecule has 0 amide bonds. The van der Waals surface area contributed by atoms with Crippen LogP contribution in [0.15, 0.2) is 42.5 Å². The minimum absolute atomic E-state index is 0.000469. The van der Waals surface area contributed by atoms with Gasteiger partial charge in [-0.15, -0.1) is 11.3 Å².